The van der Waals surface area contributed by atoms with Gasteiger partial charge in [-0.3, -0.25) is 9.59 Å². The zero-order valence-corrected chi connectivity index (χ0v) is 20.8. The van der Waals surface area contributed by atoms with E-state index in [-0.39, 0.29) is 43.3 Å². The van der Waals surface area contributed by atoms with Gasteiger partial charge < -0.3 is 24.3 Å². The van der Waals surface area contributed by atoms with E-state index in [0.29, 0.717) is 50.5 Å². The molecule has 8 nitrogen and oxygen atoms in total. The highest BCUT2D eigenvalue weighted by Gasteiger charge is 2.21. The molecule has 0 atom stereocenters. The van der Waals surface area contributed by atoms with Gasteiger partial charge in [-0.1, -0.05) is 12.1 Å². The van der Waals surface area contributed by atoms with Gasteiger partial charge in [0.2, 0.25) is 0 Å². The van der Waals surface area contributed by atoms with Crippen LogP contribution in [0.25, 0.3) is 22.2 Å². The molecule has 0 unspecified atom stereocenters. The quantitative estimate of drug-likeness (QED) is 0.278. The lowest BCUT2D eigenvalue weighted by Gasteiger charge is -2.13. The minimum Gasteiger partial charge on any atom is -0.494 e. The molecule has 0 amide bonds. The number of Topliss-reactive ketones (excluding diaryl/α,β-unsaturated/α-hetero) is 2. The van der Waals surface area contributed by atoms with E-state index in [4.69, 9.17) is 19.3 Å². The molecule has 4 rings (SSSR count). The molecule has 2 heterocycles. The number of benzene rings is 2. The van der Waals surface area contributed by atoms with Gasteiger partial charge >= 0.3 is 0 Å². The molecule has 0 radical (unpaired) electrons. The Morgan fingerprint density at radius 3 is 2.54 bits per heavy atom. The van der Waals surface area contributed by atoms with Crippen LogP contribution in [0.5, 0.6) is 17.2 Å². The average molecular weight is 507 g/mol. The van der Waals surface area contributed by atoms with Crippen molar-refractivity contribution in [1.82, 2.24) is 9.97 Å². The fourth-order valence-corrected chi connectivity index (χ4v) is 4.17. The van der Waals surface area contributed by atoms with E-state index in [0.717, 1.165) is 0 Å². The average Bonchev–Trinajstić information content (AvgIpc) is 3.35. The Bertz CT molecular complexity index is 1460. The summed E-state index contributed by atoms with van der Waals surface area (Å²) in [4.78, 5) is 33.4. The number of pyridine rings is 1. The van der Waals surface area contributed by atoms with Crippen molar-refractivity contribution in [3.8, 4) is 28.5 Å². The van der Waals surface area contributed by atoms with E-state index < -0.39 is 5.82 Å². The smallest absolute Gasteiger partial charge is 0.181 e. The van der Waals surface area contributed by atoms with E-state index >= 15 is 0 Å². The Morgan fingerprint density at radius 1 is 1.03 bits per heavy atom. The van der Waals surface area contributed by atoms with Crippen LogP contribution >= 0.6 is 0 Å². The molecule has 0 spiro atoms. The van der Waals surface area contributed by atoms with Crippen molar-refractivity contribution in [2.45, 2.75) is 19.8 Å². The number of halogens is 1. The SMILES string of the molecule is COc1cc(C(=O)CCC(=O)c2cc(C)c(OC)c(-c3c[nH]c4c(F)cccc34)n2)ccc1OCCO. The minimum absolute atomic E-state index is 0.0286. The number of aromatic nitrogens is 2. The van der Waals surface area contributed by atoms with Crippen molar-refractivity contribution in [1.29, 1.82) is 0 Å². The van der Waals surface area contributed by atoms with Gasteiger partial charge in [0.1, 0.15) is 29.6 Å². The molecule has 0 saturated heterocycles. The molecule has 2 aromatic carbocycles. The van der Waals surface area contributed by atoms with Gasteiger partial charge in [0, 0.05) is 35.6 Å². The Labute approximate surface area is 213 Å². The normalized spacial score (nSPS) is 10.9. The summed E-state index contributed by atoms with van der Waals surface area (Å²) in [5.41, 5.74) is 2.62. The lowest BCUT2D eigenvalue weighted by molar-refractivity contribution is 0.0914. The predicted molar refractivity (Wildman–Crippen MR) is 136 cm³/mol. The molecule has 0 aliphatic rings. The summed E-state index contributed by atoms with van der Waals surface area (Å²) in [5, 5.41) is 9.56. The van der Waals surface area contributed by atoms with Crippen LogP contribution in [0.15, 0.2) is 48.7 Å². The topological polar surface area (TPSA) is 111 Å². The number of hydrogen-bond donors (Lipinski definition) is 2. The second-order valence-electron chi connectivity index (χ2n) is 8.36. The highest BCUT2D eigenvalue weighted by Crippen LogP contribution is 2.37. The van der Waals surface area contributed by atoms with Crippen molar-refractivity contribution >= 4 is 22.5 Å². The summed E-state index contributed by atoms with van der Waals surface area (Å²) in [5.74, 6) is 0.312. The van der Waals surface area contributed by atoms with E-state index in [1.165, 1.54) is 20.3 Å². The van der Waals surface area contributed by atoms with Gasteiger partial charge in [0.15, 0.2) is 23.1 Å². The maximum Gasteiger partial charge on any atom is 0.181 e. The summed E-state index contributed by atoms with van der Waals surface area (Å²) >= 11 is 0. The van der Waals surface area contributed by atoms with Gasteiger partial charge in [-0.2, -0.15) is 0 Å². The van der Waals surface area contributed by atoms with Gasteiger partial charge in [-0.05, 0) is 42.8 Å². The number of ketones is 2. The zero-order valence-electron chi connectivity index (χ0n) is 20.8. The molecular weight excluding hydrogens is 479 g/mol. The molecule has 0 fully saturated rings. The van der Waals surface area contributed by atoms with Crippen LogP contribution in [-0.2, 0) is 0 Å². The maximum absolute atomic E-state index is 14.2. The highest BCUT2D eigenvalue weighted by atomic mass is 19.1. The molecule has 2 N–H and O–H groups in total. The first kappa shape index (κ1) is 25.8. The standard InChI is InChI=1S/C28H27FN2O6/c1-16-13-21(31-27(28(16)36-3)19-15-30-26-18(19)5-4-6-20(26)29)23(34)9-8-22(33)17-7-10-24(37-12-11-32)25(14-17)35-2/h4-7,10,13-15,30,32H,8-9,11-12H2,1-3H3. The highest BCUT2D eigenvalue weighted by molar-refractivity contribution is 6.03. The van der Waals surface area contributed by atoms with Gasteiger partial charge in [-0.25, -0.2) is 9.37 Å². The lowest BCUT2D eigenvalue weighted by atomic mass is 10.0. The lowest BCUT2D eigenvalue weighted by Crippen LogP contribution is -2.09. The van der Waals surface area contributed by atoms with Crippen LogP contribution in [0.4, 0.5) is 4.39 Å². The predicted octanol–water partition coefficient (Wildman–Crippen LogP) is 4.91. The second-order valence-corrected chi connectivity index (χ2v) is 8.36. The fourth-order valence-electron chi connectivity index (χ4n) is 4.17. The molecule has 0 bridgehead atoms. The Morgan fingerprint density at radius 2 is 1.81 bits per heavy atom. The number of hydrogen-bond acceptors (Lipinski definition) is 7. The minimum atomic E-state index is -0.394. The van der Waals surface area contributed by atoms with Crippen LogP contribution in [0, 0.1) is 12.7 Å². The number of aryl methyl sites for hydroxylation is 1. The monoisotopic (exact) mass is 506 g/mol. The van der Waals surface area contributed by atoms with E-state index in [1.54, 1.807) is 49.5 Å². The fraction of sp³-hybridized carbons (Fsp3) is 0.250. The number of nitrogens with zero attached hydrogens (tertiary/aromatic N) is 1. The van der Waals surface area contributed by atoms with Gasteiger partial charge in [-0.15, -0.1) is 0 Å². The largest absolute Gasteiger partial charge is 0.494 e. The van der Waals surface area contributed by atoms with Crippen LogP contribution in [0.1, 0.15) is 39.3 Å². The number of carbonyl (C=O) groups excluding carboxylic acids is 2. The first-order valence-electron chi connectivity index (χ1n) is 11.7. The summed E-state index contributed by atoms with van der Waals surface area (Å²) in [6.07, 6.45) is 1.56. The Hall–Kier alpha value is -4.24. The maximum atomic E-state index is 14.2. The molecule has 37 heavy (non-hydrogen) atoms. The number of para-hydroxylation sites is 1. The Kier molecular flexibility index (Phi) is 7.83. The molecule has 0 aliphatic carbocycles. The first-order valence-corrected chi connectivity index (χ1v) is 11.7. The number of ether oxygens (including phenoxy) is 3. The number of rotatable bonds is 11. The number of aliphatic hydroxyl groups is 1. The molecule has 2 aromatic heterocycles. The van der Waals surface area contributed by atoms with Crippen molar-refractivity contribution in [3.05, 3.63) is 71.3 Å². The van der Waals surface area contributed by atoms with Crippen molar-refractivity contribution in [2.24, 2.45) is 0 Å². The molecular formula is C28H27FN2O6. The third kappa shape index (κ3) is 5.31. The van der Waals surface area contributed by atoms with E-state index in [9.17, 15) is 14.0 Å². The third-order valence-corrected chi connectivity index (χ3v) is 5.98. The summed E-state index contributed by atoms with van der Waals surface area (Å²) in [6, 6.07) is 11.1. The number of H-pyrrole nitrogens is 1. The second kappa shape index (κ2) is 11.2. The van der Waals surface area contributed by atoms with Crippen LogP contribution in [0.3, 0.4) is 0 Å². The van der Waals surface area contributed by atoms with Crippen LogP contribution in [-0.4, -0.2) is 54.1 Å². The van der Waals surface area contributed by atoms with Crippen LogP contribution in [0.2, 0.25) is 0 Å². The van der Waals surface area contributed by atoms with Crippen molar-refractivity contribution in [3.63, 3.8) is 0 Å². The van der Waals surface area contributed by atoms with Crippen LogP contribution < -0.4 is 14.2 Å². The van der Waals surface area contributed by atoms with E-state index in [2.05, 4.69) is 9.97 Å². The summed E-state index contributed by atoms with van der Waals surface area (Å²) < 4.78 is 30.5. The zero-order chi connectivity index (χ0) is 26.5. The number of fused-ring (bicyclic) bond motifs is 1. The van der Waals surface area contributed by atoms with Crippen molar-refractivity contribution < 1.29 is 33.3 Å². The number of aliphatic hydroxyl groups excluding tert-OH is 1. The molecule has 0 aliphatic heterocycles. The first-order chi connectivity index (χ1) is 17.9. The molecule has 192 valence electrons. The van der Waals surface area contributed by atoms with Crippen molar-refractivity contribution in [2.75, 3.05) is 27.4 Å². The number of methoxy groups -OCH3 is 2. The number of carbonyl (C=O) groups is 2. The summed E-state index contributed by atoms with van der Waals surface area (Å²) in [7, 11) is 2.97. The Balaban J connectivity index is 1.56. The van der Waals surface area contributed by atoms with Gasteiger partial charge in [0.25, 0.3) is 0 Å². The summed E-state index contributed by atoms with van der Waals surface area (Å²) in [6.45, 7) is 1.75. The molecule has 4 aromatic rings. The molecule has 0 saturated carbocycles. The third-order valence-electron chi connectivity index (χ3n) is 5.98. The number of aromatic amines is 1. The van der Waals surface area contributed by atoms with E-state index in [1.807, 2.05) is 0 Å². The molecule has 9 heteroatoms. The number of nitrogens with one attached hydrogen (secondary N) is 1. The van der Waals surface area contributed by atoms with Gasteiger partial charge in [0.05, 0.1) is 26.3 Å².